The van der Waals surface area contributed by atoms with Crippen molar-refractivity contribution >= 4 is 19.7 Å². The second-order valence-corrected chi connectivity index (χ2v) is 14.3. The van der Waals surface area contributed by atoms with E-state index in [1.807, 2.05) is 0 Å². The number of ether oxygens (including phenoxy) is 1. The number of hydrogen-bond donors (Lipinski definition) is 3. The van der Waals surface area contributed by atoms with Crippen LogP contribution in [-0.4, -0.2) is 54.3 Å². The number of unbranched alkanes of at least 4 members (excludes halogenated alkanes) is 19. The highest BCUT2D eigenvalue weighted by Crippen LogP contribution is 2.42. The Morgan fingerprint density at radius 2 is 1.06 bits per heavy atom. The number of carbonyl (C=O) groups excluding carboxylic acids is 2. The van der Waals surface area contributed by atoms with E-state index in [-0.39, 0.29) is 32.1 Å². The maximum atomic E-state index is 12.0. The maximum absolute atomic E-state index is 12.0. The van der Waals surface area contributed by atoms with Crippen LogP contribution < -0.4 is 5.32 Å². The van der Waals surface area contributed by atoms with Gasteiger partial charge in [-0.2, -0.15) is 0 Å². The maximum Gasteiger partial charge on any atom is 0.472 e. The average molecular weight is 702 g/mol. The topological polar surface area (TPSA) is 131 Å². The fourth-order valence-electron chi connectivity index (χ4n) is 5.13. The molecule has 9 nitrogen and oxygen atoms in total. The summed E-state index contributed by atoms with van der Waals surface area (Å²) < 4.78 is 26.7. The zero-order chi connectivity index (χ0) is 35.4. The van der Waals surface area contributed by atoms with E-state index in [4.69, 9.17) is 13.8 Å². The van der Waals surface area contributed by atoms with Gasteiger partial charge in [0.2, 0.25) is 5.91 Å². The van der Waals surface area contributed by atoms with Crippen LogP contribution in [0.3, 0.4) is 0 Å². The summed E-state index contributed by atoms with van der Waals surface area (Å²) in [7, 11) is -4.41. The fraction of sp³-hybridized carbons (Fsp3) is 0.842. The van der Waals surface area contributed by atoms with Gasteiger partial charge < -0.3 is 20.1 Å². The molecule has 2 unspecified atom stereocenters. The van der Waals surface area contributed by atoms with Crippen LogP contribution in [0.1, 0.15) is 174 Å². The first-order valence-electron chi connectivity index (χ1n) is 19.3. The zero-order valence-corrected chi connectivity index (χ0v) is 31.6. The van der Waals surface area contributed by atoms with Gasteiger partial charge in [0.1, 0.15) is 12.7 Å². The van der Waals surface area contributed by atoms with Crippen molar-refractivity contribution in [1.29, 1.82) is 0 Å². The smallest absolute Gasteiger partial charge is 0.463 e. The Morgan fingerprint density at radius 3 is 1.60 bits per heavy atom. The van der Waals surface area contributed by atoms with Gasteiger partial charge in [-0.3, -0.25) is 18.6 Å². The predicted octanol–water partition coefficient (Wildman–Crippen LogP) is 10.0. The zero-order valence-electron chi connectivity index (χ0n) is 30.7. The number of esters is 1. The molecule has 0 aliphatic heterocycles. The number of phosphoric acid groups is 1. The van der Waals surface area contributed by atoms with E-state index in [2.05, 4.69) is 43.5 Å². The monoisotopic (exact) mass is 701 g/mol. The van der Waals surface area contributed by atoms with Crippen LogP contribution in [0.25, 0.3) is 0 Å². The van der Waals surface area contributed by atoms with E-state index in [9.17, 15) is 24.2 Å². The first-order valence-corrected chi connectivity index (χ1v) is 20.8. The molecule has 0 heterocycles. The lowest BCUT2D eigenvalue weighted by Crippen LogP contribution is -2.27. The summed E-state index contributed by atoms with van der Waals surface area (Å²) in [6, 6.07) is 0. The highest BCUT2D eigenvalue weighted by atomic mass is 31.2. The Balaban J connectivity index is 3.64. The largest absolute Gasteiger partial charge is 0.472 e. The van der Waals surface area contributed by atoms with Crippen molar-refractivity contribution in [3.8, 4) is 0 Å². The molecule has 282 valence electrons. The first-order chi connectivity index (χ1) is 23.3. The van der Waals surface area contributed by atoms with Crippen molar-refractivity contribution in [2.75, 3.05) is 26.4 Å². The molecular formula is C38H72NO8P. The molecule has 0 radical (unpaired) electrons. The normalized spacial score (nSPS) is 13.7. The van der Waals surface area contributed by atoms with Gasteiger partial charge in [-0.05, 0) is 64.2 Å². The molecular weight excluding hydrogens is 629 g/mol. The van der Waals surface area contributed by atoms with Crippen molar-refractivity contribution in [2.45, 2.75) is 180 Å². The molecule has 0 aromatic rings. The lowest BCUT2D eigenvalue weighted by molar-refractivity contribution is -0.147. The number of carbonyl (C=O) groups is 2. The third-order valence-electron chi connectivity index (χ3n) is 8.10. The fourth-order valence-corrected chi connectivity index (χ4v) is 5.89. The van der Waals surface area contributed by atoms with E-state index in [1.54, 1.807) is 0 Å². The number of hydrogen-bond acceptors (Lipinski definition) is 7. The van der Waals surface area contributed by atoms with E-state index >= 15 is 0 Å². The number of nitrogens with one attached hydrogen (secondary N) is 1. The van der Waals surface area contributed by atoms with Gasteiger partial charge in [-0.15, -0.1) is 0 Å². The molecule has 48 heavy (non-hydrogen) atoms. The summed E-state index contributed by atoms with van der Waals surface area (Å²) in [6.45, 7) is 3.49. The number of rotatable bonds is 36. The van der Waals surface area contributed by atoms with E-state index in [0.717, 1.165) is 70.6 Å². The molecule has 3 N–H and O–H groups in total. The van der Waals surface area contributed by atoms with E-state index in [0.29, 0.717) is 6.42 Å². The highest BCUT2D eigenvalue weighted by Gasteiger charge is 2.23. The van der Waals surface area contributed by atoms with Crippen molar-refractivity contribution in [3.63, 3.8) is 0 Å². The predicted molar refractivity (Wildman–Crippen MR) is 197 cm³/mol. The lowest BCUT2D eigenvalue weighted by Gasteiger charge is -2.15. The molecule has 0 fully saturated rings. The Kier molecular flexibility index (Phi) is 34.2. The second-order valence-electron chi connectivity index (χ2n) is 12.9. The molecule has 0 aromatic carbocycles. The molecule has 0 spiro atoms. The second kappa shape index (κ2) is 35.3. The van der Waals surface area contributed by atoms with Crippen molar-refractivity contribution in [2.24, 2.45) is 0 Å². The van der Waals surface area contributed by atoms with Gasteiger partial charge in [0.05, 0.1) is 13.2 Å². The van der Waals surface area contributed by atoms with Crippen LogP contribution >= 0.6 is 7.82 Å². The number of aliphatic hydroxyl groups is 1. The Bertz CT molecular complexity index is 851. The average Bonchev–Trinajstić information content (AvgIpc) is 3.07. The molecule has 0 saturated carbocycles. The van der Waals surface area contributed by atoms with Crippen LogP contribution in [0.5, 0.6) is 0 Å². The summed E-state index contributed by atoms with van der Waals surface area (Å²) in [4.78, 5) is 33.7. The molecule has 2 atom stereocenters. The summed E-state index contributed by atoms with van der Waals surface area (Å²) in [5, 5.41) is 12.6. The lowest BCUT2D eigenvalue weighted by atomic mass is 10.1. The van der Waals surface area contributed by atoms with Crippen LogP contribution in [0.4, 0.5) is 0 Å². The number of allylic oxidation sites excluding steroid dienone is 4. The van der Waals surface area contributed by atoms with Gasteiger partial charge in [-0.1, -0.05) is 122 Å². The summed E-state index contributed by atoms with van der Waals surface area (Å²) in [5.74, 6) is -0.534. The van der Waals surface area contributed by atoms with Crippen LogP contribution in [0.15, 0.2) is 24.3 Å². The quantitative estimate of drug-likeness (QED) is 0.0255. The third kappa shape index (κ3) is 35.8. The molecule has 0 bridgehead atoms. The van der Waals surface area contributed by atoms with Gasteiger partial charge in [0.15, 0.2) is 0 Å². The van der Waals surface area contributed by atoms with Gasteiger partial charge in [-0.25, -0.2) is 4.57 Å². The van der Waals surface area contributed by atoms with Crippen molar-refractivity contribution in [1.82, 2.24) is 5.32 Å². The summed E-state index contributed by atoms with van der Waals surface area (Å²) in [6.07, 6.45) is 35.3. The molecule has 0 aliphatic carbocycles. The van der Waals surface area contributed by atoms with E-state index < -0.39 is 26.5 Å². The SMILES string of the molecule is CCCCC/C=C\CCCCCCCC(=O)NCCOP(=O)(O)OCC(O)COC(=O)CCCCCCC/C=C\CCCCCCCC. The number of aliphatic hydroxyl groups excluding tert-OH is 1. The first kappa shape index (κ1) is 46.5. The minimum atomic E-state index is -4.41. The highest BCUT2D eigenvalue weighted by molar-refractivity contribution is 7.47. The molecule has 0 rings (SSSR count). The molecule has 0 saturated heterocycles. The number of phosphoric ester groups is 1. The van der Waals surface area contributed by atoms with Gasteiger partial charge >= 0.3 is 13.8 Å². The third-order valence-corrected chi connectivity index (χ3v) is 9.09. The molecule has 0 aliphatic rings. The van der Waals surface area contributed by atoms with Gasteiger partial charge in [0.25, 0.3) is 0 Å². The minimum absolute atomic E-state index is 0.0772. The molecule has 0 aromatic heterocycles. The summed E-state index contributed by atoms with van der Waals surface area (Å²) in [5.41, 5.74) is 0. The Hall–Kier alpha value is -1.51. The standard InChI is InChI=1S/C38H72NO8P/c1-3-5-7-9-11-13-15-17-18-19-21-23-25-27-29-31-38(42)45-34-36(40)35-47-48(43,44)46-33-32-39-37(41)30-28-26-24-22-20-16-14-12-10-8-6-4-2/h12,14,17-18,36,40H,3-11,13,15-16,19-35H2,1-2H3,(H,39,41)(H,43,44)/b14-12-,18-17-. The van der Waals surface area contributed by atoms with E-state index in [1.165, 1.54) is 77.0 Å². The van der Waals surface area contributed by atoms with Crippen LogP contribution in [0.2, 0.25) is 0 Å². The molecule has 10 heteroatoms. The van der Waals surface area contributed by atoms with Crippen LogP contribution in [0, 0.1) is 0 Å². The van der Waals surface area contributed by atoms with Crippen molar-refractivity contribution in [3.05, 3.63) is 24.3 Å². The minimum Gasteiger partial charge on any atom is -0.463 e. The van der Waals surface area contributed by atoms with Crippen molar-refractivity contribution < 1.29 is 37.9 Å². The van der Waals surface area contributed by atoms with Crippen LogP contribution in [-0.2, 0) is 27.9 Å². The van der Waals surface area contributed by atoms with Gasteiger partial charge in [0, 0.05) is 19.4 Å². The number of amides is 1. The summed E-state index contributed by atoms with van der Waals surface area (Å²) >= 11 is 0. The Labute approximate surface area is 293 Å². The molecule has 1 amide bonds. The Morgan fingerprint density at radius 1 is 0.625 bits per heavy atom.